The van der Waals surface area contributed by atoms with Crippen LogP contribution >= 0.6 is 0 Å². The Labute approximate surface area is 126 Å². The largest absolute Gasteiger partial charge is 0.321 e. The van der Waals surface area contributed by atoms with Gasteiger partial charge in [0.05, 0.1) is 18.1 Å². The van der Waals surface area contributed by atoms with Crippen molar-refractivity contribution in [2.24, 2.45) is 0 Å². The summed E-state index contributed by atoms with van der Waals surface area (Å²) in [6, 6.07) is 7.55. The maximum Gasteiger partial charge on any atom is 0.255 e. The zero-order valence-electron chi connectivity index (χ0n) is 12.2. The number of amides is 1. The minimum absolute atomic E-state index is 0.206. The molecule has 22 heavy (non-hydrogen) atoms. The molecule has 5 nitrogen and oxygen atoms in total. The van der Waals surface area contributed by atoms with Gasteiger partial charge in [-0.25, -0.2) is 14.1 Å². The lowest BCUT2D eigenvalue weighted by molar-refractivity contribution is 0.102. The highest BCUT2D eigenvalue weighted by Crippen LogP contribution is 2.19. The number of rotatable bonds is 3. The Hall–Kier alpha value is -2.76. The summed E-state index contributed by atoms with van der Waals surface area (Å²) in [7, 11) is 0. The molecular weight excluding hydrogens is 283 g/mol. The second-order valence-corrected chi connectivity index (χ2v) is 5.28. The maximum atomic E-state index is 13.1. The molecule has 6 heteroatoms. The predicted molar refractivity (Wildman–Crippen MR) is 82.3 cm³/mol. The molecule has 112 valence electrons. The van der Waals surface area contributed by atoms with Gasteiger partial charge in [-0.2, -0.15) is 5.10 Å². The zero-order valence-corrected chi connectivity index (χ0v) is 12.2. The first kappa shape index (κ1) is 14.2. The SMILES string of the molecule is CC(C)n1ncc2cc(NC(=O)c3cccc(F)c3)cnc21. The van der Waals surface area contributed by atoms with Crippen molar-refractivity contribution in [2.75, 3.05) is 5.32 Å². The van der Waals surface area contributed by atoms with Crippen molar-refractivity contribution >= 4 is 22.6 Å². The first-order valence-electron chi connectivity index (χ1n) is 6.95. The van der Waals surface area contributed by atoms with Crippen LogP contribution in [0.1, 0.15) is 30.2 Å². The van der Waals surface area contributed by atoms with Crippen LogP contribution in [0.15, 0.2) is 42.7 Å². The van der Waals surface area contributed by atoms with E-state index in [9.17, 15) is 9.18 Å². The van der Waals surface area contributed by atoms with Crippen LogP contribution in [0.3, 0.4) is 0 Å². The summed E-state index contributed by atoms with van der Waals surface area (Å²) in [4.78, 5) is 16.4. The third-order valence-corrected chi connectivity index (χ3v) is 3.27. The molecule has 0 saturated carbocycles. The van der Waals surface area contributed by atoms with Gasteiger partial charge in [0, 0.05) is 17.0 Å². The minimum Gasteiger partial charge on any atom is -0.321 e. The molecule has 0 atom stereocenters. The first-order valence-corrected chi connectivity index (χ1v) is 6.95. The number of benzene rings is 1. The molecule has 0 unspecified atom stereocenters. The van der Waals surface area contributed by atoms with Gasteiger partial charge in [-0.1, -0.05) is 6.07 Å². The molecule has 1 aromatic carbocycles. The predicted octanol–water partition coefficient (Wildman–Crippen LogP) is 3.40. The van der Waals surface area contributed by atoms with E-state index < -0.39 is 5.82 Å². The van der Waals surface area contributed by atoms with E-state index in [2.05, 4.69) is 15.4 Å². The van der Waals surface area contributed by atoms with Gasteiger partial charge in [0.15, 0.2) is 5.65 Å². The number of carbonyl (C=O) groups excluding carboxylic acids is 1. The van der Waals surface area contributed by atoms with Crippen LogP contribution < -0.4 is 5.32 Å². The molecule has 2 heterocycles. The molecule has 0 aliphatic heterocycles. The Bertz CT molecular complexity index is 841. The number of nitrogens with one attached hydrogen (secondary N) is 1. The molecule has 3 aromatic rings. The number of hydrogen-bond donors (Lipinski definition) is 1. The smallest absolute Gasteiger partial charge is 0.255 e. The zero-order chi connectivity index (χ0) is 15.7. The Balaban J connectivity index is 1.86. The van der Waals surface area contributed by atoms with Gasteiger partial charge in [0.1, 0.15) is 5.82 Å². The van der Waals surface area contributed by atoms with Gasteiger partial charge in [0.2, 0.25) is 0 Å². The quantitative estimate of drug-likeness (QED) is 0.806. The molecule has 0 aliphatic rings. The Morgan fingerprint density at radius 3 is 2.82 bits per heavy atom. The third-order valence-electron chi connectivity index (χ3n) is 3.27. The van der Waals surface area contributed by atoms with E-state index in [0.29, 0.717) is 5.69 Å². The van der Waals surface area contributed by atoms with Crippen LogP contribution in [0.5, 0.6) is 0 Å². The van der Waals surface area contributed by atoms with Crippen molar-refractivity contribution in [3.05, 3.63) is 54.1 Å². The number of nitrogens with zero attached hydrogens (tertiary/aromatic N) is 3. The molecule has 1 N–H and O–H groups in total. The maximum absolute atomic E-state index is 13.1. The fraction of sp³-hybridized carbons (Fsp3) is 0.188. The normalized spacial score (nSPS) is 11.1. The second-order valence-electron chi connectivity index (χ2n) is 5.28. The van der Waals surface area contributed by atoms with Crippen molar-refractivity contribution in [3.63, 3.8) is 0 Å². The number of carbonyl (C=O) groups is 1. The fourth-order valence-corrected chi connectivity index (χ4v) is 2.22. The molecule has 2 aromatic heterocycles. The highest BCUT2D eigenvalue weighted by atomic mass is 19.1. The number of halogens is 1. The summed E-state index contributed by atoms with van der Waals surface area (Å²) in [6.07, 6.45) is 3.28. The summed E-state index contributed by atoms with van der Waals surface area (Å²) < 4.78 is 15.0. The molecule has 1 amide bonds. The number of anilines is 1. The molecule has 0 saturated heterocycles. The van der Waals surface area contributed by atoms with E-state index in [1.807, 2.05) is 18.5 Å². The third kappa shape index (κ3) is 2.67. The Kier molecular flexibility index (Phi) is 3.58. The molecular formula is C16H15FN4O. The van der Waals surface area contributed by atoms with E-state index in [4.69, 9.17) is 0 Å². The average Bonchev–Trinajstić information content (AvgIpc) is 2.90. The van der Waals surface area contributed by atoms with E-state index in [1.54, 1.807) is 24.5 Å². The van der Waals surface area contributed by atoms with Crippen LogP contribution in [-0.4, -0.2) is 20.7 Å². The molecule has 0 aliphatic carbocycles. The van der Waals surface area contributed by atoms with Crippen LogP contribution in [0.2, 0.25) is 0 Å². The van der Waals surface area contributed by atoms with E-state index in [0.717, 1.165) is 11.0 Å². The van der Waals surface area contributed by atoms with E-state index in [1.165, 1.54) is 18.2 Å². The van der Waals surface area contributed by atoms with Crippen LogP contribution in [0.4, 0.5) is 10.1 Å². The summed E-state index contributed by atoms with van der Waals surface area (Å²) in [5.74, 6) is -0.823. The fourth-order valence-electron chi connectivity index (χ4n) is 2.22. The number of fused-ring (bicyclic) bond motifs is 1. The highest BCUT2D eigenvalue weighted by Gasteiger charge is 2.10. The van der Waals surface area contributed by atoms with Gasteiger partial charge in [-0.15, -0.1) is 0 Å². The molecule has 0 spiro atoms. The van der Waals surface area contributed by atoms with Gasteiger partial charge in [0.25, 0.3) is 5.91 Å². The molecule has 3 rings (SSSR count). The average molecular weight is 298 g/mol. The Morgan fingerprint density at radius 1 is 1.27 bits per heavy atom. The van der Waals surface area contributed by atoms with Gasteiger partial charge >= 0.3 is 0 Å². The lowest BCUT2D eigenvalue weighted by atomic mass is 10.2. The molecule has 0 fully saturated rings. The number of hydrogen-bond acceptors (Lipinski definition) is 3. The highest BCUT2D eigenvalue weighted by molar-refractivity contribution is 6.04. The summed E-state index contributed by atoms with van der Waals surface area (Å²) >= 11 is 0. The van der Waals surface area contributed by atoms with Gasteiger partial charge in [-0.3, -0.25) is 4.79 Å². The standard InChI is InChI=1S/C16H15FN4O/c1-10(2)21-15-12(8-19-21)7-14(9-18-15)20-16(22)11-4-3-5-13(17)6-11/h3-10H,1-2H3,(H,20,22). The van der Waals surface area contributed by atoms with Gasteiger partial charge in [-0.05, 0) is 38.1 Å². The number of aromatic nitrogens is 3. The molecule has 0 bridgehead atoms. The van der Waals surface area contributed by atoms with E-state index >= 15 is 0 Å². The number of pyridine rings is 1. The minimum atomic E-state index is -0.445. The summed E-state index contributed by atoms with van der Waals surface area (Å²) in [5, 5.41) is 7.83. The van der Waals surface area contributed by atoms with Crippen molar-refractivity contribution < 1.29 is 9.18 Å². The monoisotopic (exact) mass is 298 g/mol. The lowest BCUT2D eigenvalue weighted by Gasteiger charge is -2.07. The second kappa shape index (κ2) is 5.55. The lowest BCUT2D eigenvalue weighted by Crippen LogP contribution is -2.12. The topological polar surface area (TPSA) is 59.8 Å². The summed E-state index contributed by atoms with van der Waals surface area (Å²) in [5.41, 5.74) is 1.57. The van der Waals surface area contributed by atoms with Crippen molar-refractivity contribution in [3.8, 4) is 0 Å². The van der Waals surface area contributed by atoms with Crippen molar-refractivity contribution in [2.45, 2.75) is 19.9 Å². The molecule has 0 radical (unpaired) electrons. The first-order chi connectivity index (χ1) is 10.5. The van der Waals surface area contributed by atoms with Crippen molar-refractivity contribution in [1.82, 2.24) is 14.8 Å². The van der Waals surface area contributed by atoms with Crippen LogP contribution in [0.25, 0.3) is 11.0 Å². The van der Waals surface area contributed by atoms with E-state index in [-0.39, 0.29) is 17.5 Å². The summed E-state index contributed by atoms with van der Waals surface area (Å²) in [6.45, 7) is 4.04. The van der Waals surface area contributed by atoms with Crippen LogP contribution in [0, 0.1) is 5.82 Å². The van der Waals surface area contributed by atoms with Gasteiger partial charge < -0.3 is 5.32 Å². The Morgan fingerprint density at radius 2 is 2.09 bits per heavy atom. The van der Waals surface area contributed by atoms with Crippen LogP contribution in [-0.2, 0) is 0 Å². The van der Waals surface area contributed by atoms with Crippen molar-refractivity contribution in [1.29, 1.82) is 0 Å².